The summed E-state index contributed by atoms with van der Waals surface area (Å²) in [5.74, 6) is 2.17. The molecule has 0 bridgehead atoms. The number of aliphatic hydroxyl groups excluding tert-OH is 1. The van der Waals surface area contributed by atoms with Gasteiger partial charge in [0.25, 0.3) is 5.69 Å². The molecule has 4 saturated carbocycles. The molecule has 0 amide bonds. The molecule has 1 aromatic carbocycles. The molecule has 4 fully saturated rings. The van der Waals surface area contributed by atoms with Gasteiger partial charge in [0.1, 0.15) is 5.69 Å². The molecule has 0 aromatic heterocycles. The van der Waals surface area contributed by atoms with Crippen LogP contribution in [0.25, 0.3) is 0 Å². The Kier molecular flexibility index (Phi) is 6.93. The van der Waals surface area contributed by atoms with E-state index in [1.54, 1.807) is 6.07 Å². The van der Waals surface area contributed by atoms with Crippen LogP contribution in [0.1, 0.15) is 85.0 Å². The second-order valence-corrected chi connectivity index (χ2v) is 13.9. The van der Waals surface area contributed by atoms with E-state index in [2.05, 4.69) is 37.0 Å². The number of hydrogen-bond donors (Lipinski definition) is 5. The summed E-state index contributed by atoms with van der Waals surface area (Å²) < 4.78 is 0. The predicted octanol–water partition coefficient (Wildman–Crippen LogP) is 6.19. The third kappa shape index (κ3) is 4.24. The van der Waals surface area contributed by atoms with Crippen LogP contribution < -0.4 is 16.3 Å². The largest absolute Gasteiger partial charge is 0.481 e. The van der Waals surface area contributed by atoms with Crippen LogP contribution in [0.2, 0.25) is 0 Å². The average Bonchev–Trinajstić information content (AvgIpc) is 3.54. The number of nitrogens with one attached hydrogen (secondary N) is 3. The summed E-state index contributed by atoms with van der Waals surface area (Å²) >= 11 is 0. The summed E-state index contributed by atoms with van der Waals surface area (Å²) in [6, 6.07) is 3.55. The van der Waals surface area contributed by atoms with E-state index >= 15 is 0 Å². The van der Waals surface area contributed by atoms with Crippen LogP contribution in [0.3, 0.4) is 0 Å². The van der Waals surface area contributed by atoms with Crippen molar-refractivity contribution in [3.8, 4) is 0 Å². The molecule has 4 aliphatic carbocycles. The SMILES string of the molecule is C[C@H](CCC(=O)O)[C@H]1CC[C@H]2[C@@H]3CC[C@@H]4C[C@H](Nc5ccc([N+](=O)[O-])c6c5NON6)CC[C@]4(C)[C@H]3C[C@H](O)[C@]12C. The van der Waals surface area contributed by atoms with Gasteiger partial charge >= 0.3 is 5.97 Å². The number of fused-ring (bicyclic) bond motifs is 6. The molecule has 0 spiro atoms. The Bertz CT molecular complexity index is 1180. The van der Waals surface area contributed by atoms with E-state index < -0.39 is 10.9 Å². The zero-order valence-corrected chi connectivity index (χ0v) is 23.8. The zero-order valence-electron chi connectivity index (χ0n) is 23.8. The standard InChI is InChI=1S/C30H44N4O6/c1-16(4-11-26(36)37)20-7-8-21-19-6-5-17-14-18(12-13-29(17,2)22(19)15-25(35)30(20,21)3)31-23-9-10-24(34(38)39)28-27(23)32-40-33-28/h9-10,16-22,25,31-33,35H,4-8,11-15H2,1-3H3,(H,36,37)/t16-,17-,18-,19+,20-,21+,22+,25+,29+,30-/m1/s1. The fraction of sp³-hybridized carbons (Fsp3) is 0.767. The van der Waals surface area contributed by atoms with Gasteiger partial charge in [0.05, 0.1) is 16.7 Å². The van der Waals surface area contributed by atoms with Crippen molar-refractivity contribution >= 4 is 28.7 Å². The fourth-order valence-electron chi connectivity index (χ4n) is 10.3. The molecule has 0 saturated heterocycles. The Morgan fingerprint density at radius 1 is 1.15 bits per heavy atom. The fourth-order valence-corrected chi connectivity index (χ4v) is 10.3. The molecule has 40 heavy (non-hydrogen) atoms. The van der Waals surface area contributed by atoms with E-state index in [0.29, 0.717) is 53.3 Å². The minimum atomic E-state index is -0.730. The topological polar surface area (TPSA) is 146 Å². The Morgan fingerprint density at radius 2 is 1.93 bits per heavy atom. The van der Waals surface area contributed by atoms with Crippen molar-refractivity contribution in [3.05, 3.63) is 22.2 Å². The van der Waals surface area contributed by atoms with Gasteiger partial charge in [-0.1, -0.05) is 20.8 Å². The molecule has 5 N–H and O–H groups in total. The molecule has 1 aliphatic heterocycles. The maximum Gasteiger partial charge on any atom is 0.303 e. The van der Waals surface area contributed by atoms with Gasteiger partial charge in [0.15, 0.2) is 5.69 Å². The van der Waals surface area contributed by atoms with Gasteiger partial charge in [-0.25, -0.2) is 11.0 Å². The minimum absolute atomic E-state index is 0.0200. The predicted molar refractivity (Wildman–Crippen MR) is 151 cm³/mol. The monoisotopic (exact) mass is 556 g/mol. The van der Waals surface area contributed by atoms with Crippen LogP contribution >= 0.6 is 0 Å². The number of nitro benzene ring substituents is 1. The maximum atomic E-state index is 11.8. The van der Waals surface area contributed by atoms with Crippen molar-refractivity contribution in [1.29, 1.82) is 0 Å². The summed E-state index contributed by atoms with van der Waals surface area (Å²) in [6.07, 6.45) is 9.21. The lowest BCUT2D eigenvalue weighted by Gasteiger charge is -2.62. The lowest BCUT2D eigenvalue weighted by molar-refractivity contribution is -0.384. The molecule has 0 unspecified atom stereocenters. The first-order valence-corrected chi connectivity index (χ1v) is 15.2. The highest BCUT2D eigenvalue weighted by Crippen LogP contribution is 2.68. The van der Waals surface area contributed by atoms with Crippen molar-refractivity contribution in [3.63, 3.8) is 0 Å². The van der Waals surface area contributed by atoms with Crippen LogP contribution in [0, 0.1) is 56.5 Å². The highest BCUT2D eigenvalue weighted by Gasteiger charge is 2.63. The van der Waals surface area contributed by atoms with E-state index in [1.807, 2.05) is 0 Å². The molecular weight excluding hydrogens is 512 g/mol. The first-order valence-electron chi connectivity index (χ1n) is 15.2. The quantitative estimate of drug-likeness (QED) is 0.196. The van der Waals surface area contributed by atoms with E-state index in [9.17, 15) is 25.1 Å². The van der Waals surface area contributed by atoms with Gasteiger partial charge < -0.3 is 15.5 Å². The van der Waals surface area contributed by atoms with Crippen LogP contribution in [-0.4, -0.2) is 33.3 Å². The van der Waals surface area contributed by atoms with Crippen molar-refractivity contribution < 1.29 is 24.9 Å². The number of rotatable bonds is 7. The van der Waals surface area contributed by atoms with Crippen molar-refractivity contribution in [1.82, 2.24) is 0 Å². The summed E-state index contributed by atoms with van der Waals surface area (Å²) in [5, 5.41) is 36.1. The summed E-state index contributed by atoms with van der Waals surface area (Å²) in [6.45, 7) is 6.99. The lowest BCUT2D eigenvalue weighted by Crippen LogP contribution is -2.59. The molecule has 1 heterocycles. The Morgan fingerprint density at radius 3 is 2.67 bits per heavy atom. The summed E-state index contributed by atoms with van der Waals surface area (Å²) in [4.78, 5) is 27.3. The molecule has 0 radical (unpaired) electrons. The molecule has 220 valence electrons. The Balaban J connectivity index is 1.16. The van der Waals surface area contributed by atoms with Gasteiger partial charge in [-0.2, -0.15) is 4.94 Å². The molecule has 10 atom stereocenters. The molecular formula is C30H44N4O6. The first-order chi connectivity index (χ1) is 19.0. The van der Waals surface area contributed by atoms with Gasteiger partial charge in [-0.15, -0.1) is 0 Å². The lowest BCUT2D eigenvalue weighted by atomic mass is 9.43. The smallest absolute Gasteiger partial charge is 0.303 e. The maximum absolute atomic E-state index is 11.8. The number of nitrogens with zero attached hydrogens (tertiary/aromatic N) is 1. The number of aliphatic carboxylic acids is 1. The van der Waals surface area contributed by atoms with Gasteiger partial charge in [0.2, 0.25) is 0 Å². The van der Waals surface area contributed by atoms with Crippen LogP contribution in [0.4, 0.5) is 22.7 Å². The van der Waals surface area contributed by atoms with Crippen LogP contribution in [0.15, 0.2) is 12.1 Å². The van der Waals surface area contributed by atoms with Crippen LogP contribution in [0.5, 0.6) is 0 Å². The molecule has 10 heteroatoms. The highest BCUT2D eigenvalue weighted by atomic mass is 16.8. The number of carbonyl (C=O) groups is 1. The second-order valence-electron chi connectivity index (χ2n) is 13.9. The summed E-state index contributed by atoms with van der Waals surface area (Å²) in [5.41, 5.74) is 7.17. The zero-order chi connectivity index (χ0) is 28.4. The second kappa shape index (κ2) is 10.0. The summed E-state index contributed by atoms with van der Waals surface area (Å²) in [7, 11) is 0. The number of carboxylic acid groups (broad SMARTS) is 1. The third-order valence-corrected chi connectivity index (χ3v) is 12.4. The molecule has 10 nitrogen and oxygen atoms in total. The van der Waals surface area contributed by atoms with Crippen molar-refractivity contribution in [2.75, 3.05) is 16.3 Å². The number of hydrogen-bond acceptors (Lipinski definition) is 8. The van der Waals surface area contributed by atoms with E-state index in [4.69, 9.17) is 4.94 Å². The first kappa shape index (κ1) is 27.6. The van der Waals surface area contributed by atoms with E-state index in [0.717, 1.165) is 44.2 Å². The molecule has 5 aliphatic rings. The number of carboxylic acids is 1. The van der Waals surface area contributed by atoms with Crippen molar-refractivity contribution in [2.45, 2.75) is 97.1 Å². The minimum Gasteiger partial charge on any atom is -0.481 e. The normalized spacial score (nSPS) is 40.5. The number of aliphatic hydroxyl groups is 1. The van der Waals surface area contributed by atoms with Gasteiger partial charge in [0, 0.05) is 18.5 Å². The average molecular weight is 557 g/mol. The number of anilines is 3. The van der Waals surface area contributed by atoms with E-state index in [1.165, 1.54) is 18.9 Å². The van der Waals surface area contributed by atoms with Gasteiger partial charge in [-0.3, -0.25) is 14.9 Å². The van der Waals surface area contributed by atoms with Crippen LogP contribution in [-0.2, 0) is 9.73 Å². The van der Waals surface area contributed by atoms with E-state index in [-0.39, 0.29) is 35.1 Å². The Hall–Kier alpha value is -2.59. The third-order valence-electron chi connectivity index (χ3n) is 12.4. The molecule has 6 rings (SSSR count). The van der Waals surface area contributed by atoms with Crippen molar-refractivity contribution in [2.24, 2.45) is 46.3 Å². The van der Waals surface area contributed by atoms with Gasteiger partial charge in [-0.05, 0) is 110 Å². The molecule has 1 aromatic rings. The Labute approximate surface area is 235 Å². The highest BCUT2D eigenvalue weighted by molar-refractivity contribution is 5.89. The number of nitro groups is 1. The number of benzene rings is 1.